The van der Waals surface area contributed by atoms with Gasteiger partial charge in [0.1, 0.15) is 0 Å². The smallest absolute Gasteiger partial charge is 0.264 e. The zero-order chi connectivity index (χ0) is 19.5. The highest BCUT2D eigenvalue weighted by Crippen LogP contribution is 2.23. The van der Waals surface area contributed by atoms with Gasteiger partial charge in [0.05, 0.1) is 17.0 Å². The van der Waals surface area contributed by atoms with Gasteiger partial charge in [-0.2, -0.15) is 0 Å². The van der Waals surface area contributed by atoms with Crippen molar-refractivity contribution < 1.29 is 13.2 Å². The summed E-state index contributed by atoms with van der Waals surface area (Å²) in [6, 6.07) is 12.9. The van der Waals surface area contributed by atoms with Gasteiger partial charge in [0, 0.05) is 17.6 Å². The molecule has 0 aromatic heterocycles. The number of benzene rings is 2. The van der Waals surface area contributed by atoms with E-state index in [-0.39, 0.29) is 22.8 Å². The minimum Gasteiger partial charge on any atom is -0.351 e. The van der Waals surface area contributed by atoms with E-state index in [0.717, 1.165) is 5.56 Å². The molecule has 0 aliphatic heterocycles. The molecule has 0 saturated carbocycles. The zero-order valence-corrected chi connectivity index (χ0v) is 16.9. The van der Waals surface area contributed by atoms with E-state index in [1.165, 1.54) is 23.5 Å². The molecule has 2 rings (SSSR count). The van der Waals surface area contributed by atoms with Gasteiger partial charge in [-0.25, -0.2) is 8.42 Å². The van der Waals surface area contributed by atoms with E-state index in [1.54, 1.807) is 36.4 Å². The fourth-order valence-electron chi connectivity index (χ4n) is 2.38. The summed E-state index contributed by atoms with van der Waals surface area (Å²) in [6.07, 6.45) is 0.241. The maximum atomic E-state index is 12.7. The Hall–Kier alpha value is -2.05. The third-order valence-electron chi connectivity index (χ3n) is 3.65. The number of rotatable bonds is 5. The Balaban J connectivity index is 2.14. The Morgan fingerprint density at radius 1 is 1.04 bits per heavy atom. The van der Waals surface area contributed by atoms with Crippen LogP contribution in [-0.4, -0.2) is 26.9 Å². The van der Waals surface area contributed by atoms with Crippen molar-refractivity contribution in [2.45, 2.75) is 37.6 Å². The molecule has 0 aliphatic carbocycles. The predicted octanol–water partition coefficient (Wildman–Crippen LogP) is 3.62. The molecule has 0 fully saturated rings. The normalized spacial score (nSPS) is 11.9. The van der Waals surface area contributed by atoms with Crippen LogP contribution in [0.1, 0.15) is 26.3 Å². The molecule has 0 radical (unpaired) electrons. The van der Waals surface area contributed by atoms with E-state index in [1.807, 2.05) is 20.8 Å². The van der Waals surface area contributed by atoms with Crippen molar-refractivity contribution in [1.82, 2.24) is 5.32 Å². The van der Waals surface area contributed by atoms with E-state index in [9.17, 15) is 13.2 Å². The van der Waals surface area contributed by atoms with Gasteiger partial charge in [0.2, 0.25) is 5.91 Å². The molecule has 0 saturated heterocycles. The fraction of sp³-hybridized carbons (Fsp3) is 0.316. The SMILES string of the molecule is CN(c1ccc(CC(=O)NC(C)(C)C)cc1)S(=O)(=O)c1ccc(Cl)cc1. The minimum atomic E-state index is -3.67. The quantitative estimate of drug-likeness (QED) is 0.842. The second-order valence-corrected chi connectivity index (χ2v) is 9.47. The molecule has 0 heterocycles. The summed E-state index contributed by atoms with van der Waals surface area (Å²) in [5.41, 5.74) is 1.04. The Labute approximate surface area is 160 Å². The summed E-state index contributed by atoms with van der Waals surface area (Å²) >= 11 is 5.82. The Morgan fingerprint density at radius 2 is 1.58 bits per heavy atom. The van der Waals surface area contributed by atoms with Gasteiger partial charge in [-0.1, -0.05) is 23.7 Å². The third-order valence-corrected chi connectivity index (χ3v) is 5.70. The number of hydrogen-bond acceptors (Lipinski definition) is 3. The van der Waals surface area contributed by atoms with Crippen molar-refractivity contribution in [3.8, 4) is 0 Å². The molecular weight excluding hydrogens is 372 g/mol. The van der Waals surface area contributed by atoms with Gasteiger partial charge < -0.3 is 5.32 Å². The van der Waals surface area contributed by atoms with Crippen LogP contribution in [-0.2, 0) is 21.2 Å². The second-order valence-electron chi connectivity index (χ2n) is 7.07. The summed E-state index contributed by atoms with van der Waals surface area (Å²) in [5.74, 6) is -0.0765. The molecule has 5 nitrogen and oxygen atoms in total. The van der Waals surface area contributed by atoms with Crippen molar-refractivity contribution >= 4 is 33.2 Å². The maximum absolute atomic E-state index is 12.7. The van der Waals surface area contributed by atoms with Crippen LogP contribution in [0.3, 0.4) is 0 Å². The summed E-state index contributed by atoms with van der Waals surface area (Å²) < 4.78 is 26.6. The molecule has 0 aliphatic rings. The first kappa shape index (κ1) is 20.3. The number of hydrogen-bond donors (Lipinski definition) is 1. The van der Waals surface area contributed by atoms with Crippen molar-refractivity contribution in [2.75, 3.05) is 11.4 Å². The van der Waals surface area contributed by atoms with E-state index in [4.69, 9.17) is 11.6 Å². The highest BCUT2D eigenvalue weighted by atomic mass is 35.5. The largest absolute Gasteiger partial charge is 0.351 e. The molecule has 2 aromatic carbocycles. The molecule has 140 valence electrons. The highest BCUT2D eigenvalue weighted by molar-refractivity contribution is 7.92. The van der Waals surface area contributed by atoms with Crippen LogP contribution in [0.2, 0.25) is 5.02 Å². The van der Waals surface area contributed by atoms with E-state index < -0.39 is 10.0 Å². The van der Waals surface area contributed by atoms with E-state index in [0.29, 0.717) is 10.7 Å². The number of halogens is 1. The Kier molecular flexibility index (Phi) is 5.98. The van der Waals surface area contributed by atoms with Crippen LogP contribution < -0.4 is 9.62 Å². The molecule has 0 atom stereocenters. The lowest BCUT2D eigenvalue weighted by molar-refractivity contribution is -0.121. The Morgan fingerprint density at radius 3 is 2.08 bits per heavy atom. The molecule has 2 aromatic rings. The number of amides is 1. The van der Waals surface area contributed by atoms with Gasteiger partial charge in [0.25, 0.3) is 10.0 Å². The fourth-order valence-corrected chi connectivity index (χ4v) is 3.70. The minimum absolute atomic E-state index is 0.0765. The van der Waals surface area contributed by atoms with Crippen LogP contribution in [0.4, 0.5) is 5.69 Å². The first-order chi connectivity index (χ1) is 12.0. The van der Waals surface area contributed by atoms with Gasteiger partial charge in [-0.15, -0.1) is 0 Å². The number of anilines is 1. The summed E-state index contributed by atoms with van der Waals surface area (Å²) in [6.45, 7) is 5.76. The topological polar surface area (TPSA) is 66.5 Å². The molecule has 1 amide bonds. The zero-order valence-electron chi connectivity index (χ0n) is 15.3. The van der Waals surface area contributed by atoms with Crippen LogP contribution in [0.25, 0.3) is 0 Å². The van der Waals surface area contributed by atoms with E-state index >= 15 is 0 Å². The number of nitrogens with zero attached hydrogens (tertiary/aromatic N) is 1. The number of nitrogens with one attached hydrogen (secondary N) is 1. The summed E-state index contributed by atoms with van der Waals surface area (Å²) in [5, 5.41) is 3.38. The van der Waals surface area contributed by atoms with Crippen LogP contribution in [0.15, 0.2) is 53.4 Å². The predicted molar refractivity (Wildman–Crippen MR) is 105 cm³/mol. The lowest BCUT2D eigenvalue weighted by Crippen LogP contribution is -2.41. The number of carbonyl (C=O) groups excluding carboxylic acids is 1. The molecule has 0 bridgehead atoms. The third kappa shape index (κ3) is 5.22. The highest BCUT2D eigenvalue weighted by Gasteiger charge is 2.21. The first-order valence-electron chi connectivity index (χ1n) is 8.13. The first-order valence-corrected chi connectivity index (χ1v) is 9.95. The van der Waals surface area contributed by atoms with Gasteiger partial charge in [-0.3, -0.25) is 9.10 Å². The molecule has 0 spiro atoms. The molecular formula is C19H23ClN2O3S. The second kappa shape index (κ2) is 7.68. The van der Waals surface area contributed by atoms with Gasteiger partial charge in [0.15, 0.2) is 0 Å². The summed E-state index contributed by atoms with van der Waals surface area (Å²) in [7, 11) is -2.18. The maximum Gasteiger partial charge on any atom is 0.264 e. The van der Waals surface area contributed by atoms with Crippen molar-refractivity contribution in [3.05, 3.63) is 59.1 Å². The van der Waals surface area contributed by atoms with Gasteiger partial charge >= 0.3 is 0 Å². The molecule has 1 N–H and O–H groups in total. The molecule has 7 heteroatoms. The lowest BCUT2D eigenvalue weighted by atomic mass is 10.1. The monoisotopic (exact) mass is 394 g/mol. The number of sulfonamides is 1. The van der Waals surface area contributed by atoms with Crippen molar-refractivity contribution in [2.24, 2.45) is 0 Å². The Bertz CT molecular complexity index is 870. The van der Waals surface area contributed by atoms with E-state index in [2.05, 4.69) is 5.32 Å². The van der Waals surface area contributed by atoms with Crippen LogP contribution in [0.5, 0.6) is 0 Å². The van der Waals surface area contributed by atoms with Crippen LogP contribution >= 0.6 is 11.6 Å². The average molecular weight is 395 g/mol. The van der Waals surface area contributed by atoms with Crippen molar-refractivity contribution in [3.63, 3.8) is 0 Å². The lowest BCUT2D eigenvalue weighted by Gasteiger charge is -2.21. The number of carbonyl (C=O) groups is 1. The summed E-state index contributed by atoms with van der Waals surface area (Å²) in [4.78, 5) is 12.2. The van der Waals surface area contributed by atoms with Crippen LogP contribution in [0, 0.1) is 0 Å². The molecule has 26 heavy (non-hydrogen) atoms. The van der Waals surface area contributed by atoms with Crippen molar-refractivity contribution in [1.29, 1.82) is 0 Å². The standard InChI is InChI=1S/C19H23ClN2O3S/c1-19(2,3)21-18(23)13-14-5-9-16(10-6-14)22(4)26(24,25)17-11-7-15(20)8-12-17/h5-12H,13H2,1-4H3,(H,21,23). The average Bonchev–Trinajstić information content (AvgIpc) is 2.53. The van der Waals surface area contributed by atoms with Gasteiger partial charge in [-0.05, 0) is 62.7 Å². The molecule has 0 unspecified atom stereocenters.